The first-order valence-electron chi connectivity index (χ1n) is 7.25. The van der Waals surface area contributed by atoms with E-state index >= 15 is 0 Å². The summed E-state index contributed by atoms with van der Waals surface area (Å²) < 4.78 is 0. The molecule has 0 bridgehead atoms. The van der Waals surface area contributed by atoms with Crippen LogP contribution in [-0.2, 0) is 0 Å². The van der Waals surface area contributed by atoms with Gasteiger partial charge in [0.25, 0.3) is 0 Å². The van der Waals surface area contributed by atoms with E-state index in [4.69, 9.17) is 0 Å². The number of aryl methyl sites for hydroxylation is 2. The van der Waals surface area contributed by atoms with Gasteiger partial charge in [-0.25, -0.2) is 0 Å². The molecule has 0 N–H and O–H groups in total. The summed E-state index contributed by atoms with van der Waals surface area (Å²) in [6.45, 7) is 10.2. The number of benzene rings is 2. The molecule has 0 aliphatic heterocycles. The molecule has 0 radical (unpaired) electrons. The molecule has 0 aromatic heterocycles. The minimum Gasteiger partial charge on any atom is -0.0990 e. The van der Waals surface area contributed by atoms with Crippen molar-refractivity contribution >= 4 is 11.1 Å². The predicted octanol–water partition coefficient (Wildman–Crippen LogP) is 5.98. The van der Waals surface area contributed by atoms with Crippen LogP contribution in [0.2, 0.25) is 0 Å². The van der Waals surface area contributed by atoms with Crippen LogP contribution in [0.1, 0.15) is 29.2 Å². The van der Waals surface area contributed by atoms with Crippen molar-refractivity contribution in [2.45, 2.75) is 20.8 Å². The molecule has 21 heavy (non-hydrogen) atoms. The molecule has 0 fully saturated rings. The quantitative estimate of drug-likeness (QED) is 0.602. The molecular weight excluding hydrogens is 252 g/mol. The molecule has 0 saturated heterocycles. The summed E-state index contributed by atoms with van der Waals surface area (Å²) in [5, 5.41) is 0. The van der Waals surface area contributed by atoms with E-state index in [0.29, 0.717) is 0 Å². The van der Waals surface area contributed by atoms with E-state index in [-0.39, 0.29) is 0 Å². The van der Waals surface area contributed by atoms with Crippen LogP contribution in [0.25, 0.3) is 11.1 Å². The molecule has 0 heteroatoms. The third kappa shape index (κ3) is 4.06. The van der Waals surface area contributed by atoms with Gasteiger partial charge in [0, 0.05) is 0 Å². The number of rotatable bonds is 4. The molecule has 0 nitrogen and oxygen atoms in total. The van der Waals surface area contributed by atoms with Gasteiger partial charge in [-0.15, -0.1) is 0 Å². The van der Waals surface area contributed by atoms with E-state index in [1.165, 1.54) is 33.4 Å². The third-order valence-corrected chi connectivity index (χ3v) is 3.53. The Hall–Kier alpha value is -2.34. The van der Waals surface area contributed by atoms with Crippen molar-refractivity contribution in [3.8, 4) is 0 Å². The van der Waals surface area contributed by atoms with Crippen molar-refractivity contribution in [2.75, 3.05) is 0 Å². The Balaban J connectivity index is 2.40. The van der Waals surface area contributed by atoms with Gasteiger partial charge in [-0.05, 0) is 43.0 Å². The number of hydrogen-bond donors (Lipinski definition) is 0. The van der Waals surface area contributed by atoms with Crippen molar-refractivity contribution < 1.29 is 0 Å². The molecule has 0 aliphatic carbocycles. The van der Waals surface area contributed by atoms with Gasteiger partial charge >= 0.3 is 0 Å². The molecule has 2 rings (SSSR count). The lowest BCUT2D eigenvalue weighted by molar-refractivity contribution is 1.43. The summed E-state index contributed by atoms with van der Waals surface area (Å²) >= 11 is 0. The minimum atomic E-state index is 1.18. The predicted molar refractivity (Wildman–Crippen MR) is 94.2 cm³/mol. The van der Waals surface area contributed by atoms with Crippen LogP contribution in [0.15, 0.2) is 73.3 Å². The Bertz CT molecular complexity index is 682. The lowest BCUT2D eigenvalue weighted by Gasteiger charge is -2.07. The molecular formula is C21H22. The molecule has 0 aliphatic rings. The van der Waals surface area contributed by atoms with Gasteiger partial charge in [-0.2, -0.15) is 0 Å². The minimum absolute atomic E-state index is 1.18. The van der Waals surface area contributed by atoms with Crippen LogP contribution in [0.5, 0.6) is 0 Å². The van der Waals surface area contributed by atoms with Crippen LogP contribution in [-0.4, -0.2) is 0 Å². The lowest BCUT2D eigenvalue weighted by atomic mass is 9.98. The second-order valence-electron chi connectivity index (χ2n) is 5.42. The Kier molecular flexibility index (Phi) is 4.94. The fourth-order valence-electron chi connectivity index (χ4n) is 2.31. The van der Waals surface area contributed by atoms with E-state index in [1.54, 1.807) is 0 Å². The van der Waals surface area contributed by atoms with Crippen LogP contribution in [0, 0.1) is 13.8 Å². The smallest absolute Gasteiger partial charge is 0.0181 e. The van der Waals surface area contributed by atoms with E-state index < -0.39 is 0 Å². The molecule has 0 spiro atoms. The van der Waals surface area contributed by atoms with Crippen LogP contribution >= 0.6 is 0 Å². The zero-order valence-electron chi connectivity index (χ0n) is 13.1. The largest absolute Gasteiger partial charge is 0.0990 e. The Morgan fingerprint density at radius 1 is 0.905 bits per heavy atom. The van der Waals surface area contributed by atoms with Crippen LogP contribution in [0.4, 0.5) is 0 Å². The summed E-state index contributed by atoms with van der Waals surface area (Å²) in [7, 11) is 0. The molecule has 0 heterocycles. The Morgan fingerprint density at radius 2 is 1.62 bits per heavy atom. The van der Waals surface area contributed by atoms with Crippen molar-refractivity contribution in [1.82, 2.24) is 0 Å². The molecule has 0 unspecified atom stereocenters. The zero-order valence-corrected chi connectivity index (χ0v) is 13.1. The molecule has 0 saturated carbocycles. The standard InChI is InChI=1S/C21H22/c1-5-7-21(19-12-10-16(2)11-13-19)15-18(4)20-9-6-8-17(3)14-20/h5-15H,1H2,2-4H3/b18-15+,21-7+. The molecule has 2 aromatic rings. The SMILES string of the molecule is C=C/C=C(\C=C(/C)c1cccc(C)c1)c1ccc(C)cc1. The van der Waals surface area contributed by atoms with Gasteiger partial charge in [0.1, 0.15) is 0 Å². The fraction of sp³-hybridized carbons (Fsp3) is 0.143. The average Bonchev–Trinajstić information content (AvgIpc) is 2.47. The first-order valence-corrected chi connectivity index (χ1v) is 7.25. The maximum absolute atomic E-state index is 3.83. The molecule has 106 valence electrons. The van der Waals surface area contributed by atoms with E-state index in [0.717, 1.165) is 0 Å². The highest BCUT2D eigenvalue weighted by Gasteiger charge is 2.01. The highest BCUT2D eigenvalue weighted by molar-refractivity contribution is 5.84. The molecule has 2 aromatic carbocycles. The number of allylic oxidation sites excluding steroid dienone is 5. The van der Waals surface area contributed by atoms with Gasteiger partial charge in [-0.1, -0.05) is 84.5 Å². The second kappa shape index (κ2) is 6.90. The monoisotopic (exact) mass is 274 g/mol. The van der Waals surface area contributed by atoms with Gasteiger partial charge < -0.3 is 0 Å². The van der Waals surface area contributed by atoms with Crippen molar-refractivity contribution in [1.29, 1.82) is 0 Å². The summed E-state index contributed by atoms with van der Waals surface area (Å²) in [4.78, 5) is 0. The van der Waals surface area contributed by atoms with Crippen LogP contribution in [0.3, 0.4) is 0 Å². The summed E-state index contributed by atoms with van der Waals surface area (Å²) in [6, 6.07) is 17.2. The van der Waals surface area contributed by atoms with E-state index in [1.807, 2.05) is 6.08 Å². The van der Waals surface area contributed by atoms with Gasteiger partial charge in [0.05, 0.1) is 0 Å². The maximum atomic E-state index is 3.83. The van der Waals surface area contributed by atoms with Gasteiger partial charge in [-0.3, -0.25) is 0 Å². The Morgan fingerprint density at radius 3 is 2.24 bits per heavy atom. The van der Waals surface area contributed by atoms with Crippen molar-refractivity contribution in [3.05, 3.63) is 95.6 Å². The van der Waals surface area contributed by atoms with Crippen molar-refractivity contribution in [2.24, 2.45) is 0 Å². The van der Waals surface area contributed by atoms with Crippen molar-refractivity contribution in [3.63, 3.8) is 0 Å². The average molecular weight is 274 g/mol. The van der Waals surface area contributed by atoms with E-state index in [9.17, 15) is 0 Å². The second-order valence-corrected chi connectivity index (χ2v) is 5.42. The van der Waals surface area contributed by atoms with E-state index in [2.05, 4.69) is 88.0 Å². The van der Waals surface area contributed by atoms with Crippen LogP contribution < -0.4 is 0 Å². The lowest BCUT2D eigenvalue weighted by Crippen LogP contribution is -1.85. The normalized spacial score (nSPS) is 12.3. The topological polar surface area (TPSA) is 0 Å². The Labute approximate surface area is 128 Å². The van der Waals surface area contributed by atoms with Gasteiger partial charge in [0.2, 0.25) is 0 Å². The maximum Gasteiger partial charge on any atom is -0.0181 e. The fourth-order valence-corrected chi connectivity index (χ4v) is 2.31. The summed E-state index contributed by atoms with van der Waals surface area (Å²) in [5.74, 6) is 0. The van der Waals surface area contributed by atoms with Gasteiger partial charge in [0.15, 0.2) is 0 Å². The first-order chi connectivity index (χ1) is 10.1. The summed E-state index contributed by atoms with van der Waals surface area (Å²) in [5.41, 5.74) is 7.47. The molecule has 0 amide bonds. The highest BCUT2D eigenvalue weighted by atomic mass is 14.1. The third-order valence-electron chi connectivity index (χ3n) is 3.53. The highest BCUT2D eigenvalue weighted by Crippen LogP contribution is 2.23. The summed E-state index contributed by atoms with van der Waals surface area (Å²) in [6.07, 6.45) is 6.13. The molecule has 0 atom stereocenters. The zero-order chi connectivity index (χ0) is 15.2. The number of hydrogen-bond acceptors (Lipinski definition) is 0. The first kappa shape index (κ1) is 15.1.